The summed E-state index contributed by atoms with van der Waals surface area (Å²) in [4.78, 5) is 39.6. The summed E-state index contributed by atoms with van der Waals surface area (Å²) < 4.78 is 47.5. The number of hydrogen-bond acceptors (Lipinski definition) is 6. The molecule has 0 atom stereocenters. The quantitative estimate of drug-likeness (QED) is 0.257. The minimum Gasteiger partial charge on any atom is -0.444 e. The van der Waals surface area contributed by atoms with Crippen LogP contribution in [0.5, 0.6) is 0 Å². The minimum absolute atomic E-state index is 0.00234. The van der Waals surface area contributed by atoms with Crippen molar-refractivity contribution in [2.45, 2.75) is 64.8 Å². The van der Waals surface area contributed by atoms with Gasteiger partial charge in [0.15, 0.2) is 0 Å². The maximum Gasteiger partial charge on any atom is 0.416 e. The number of carbonyl (C=O) groups excluding carboxylic acids is 3. The number of aromatic nitrogens is 2. The van der Waals surface area contributed by atoms with Gasteiger partial charge in [0, 0.05) is 23.5 Å². The van der Waals surface area contributed by atoms with Crippen LogP contribution in [0.2, 0.25) is 5.02 Å². The van der Waals surface area contributed by atoms with Crippen molar-refractivity contribution in [3.8, 4) is 0 Å². The Morgan fingerprint density at radius 2 is 1.80 bits per heavy atom. The molecule has 2 heterocycles. The Morgan fingerprint density at radius 1 is 1.09 bits per heavy atom. The van der Waals surface area contributed by atoms with Gasteiger partial charge in [0.05, 0.1) is 28.7 Å². The lowest BCUT2D eigenvalue weighted by Gasteiger charge is -2.30. The van der Waals surface area contributed by atoms with Crippen molar-refractivity contribution in [2.24, 2.45) is 11.8 Å². The molecule has 3 aromatic rings. The summed E-state index contributed by atoms with van der Waals surface area (Å²) in [6.45, 7) is 6.23. The number of nitrogens with one attached hydrogen (secondary N) is 1. The van der Waals surface area contributed by atoms with Crippen LogP contribution in [-0.2, 0) is 22.3 Å². The molecule has 240 valence electrons. The van der Waals surface area contributed by atoms with Gasteiger partial charge in [0.25, 0.3) is 11.1 Å². The van der Waals surface area contributed by atoms with Crippen LogP contribution in [0.4, 0.5) is 22.8 Å². The van der Waals surface area contributed by atoms with E-state index in [0.717, 1.165) is 43.5 Å². The van der Waals surface area contributed by atoms with Crippen LogP contribution in [0, 0.1) is 11.8 Å². The first-order valence-corrected chi connectivity index (χ1v) is 15.9. The fraction of sp³-hybridized carbons (Fsp3) is 0.438. The predicted octanol–water partition coefficient (Wildman–Crippen LogP) is 8.12. The average molecular weight is 663 g/mol. The highest BCUT2D eigenvalue weighted by molar-refractivity contribution is 8.18. The third-order valence-corrected chi connectivity index (χ3v) is 9.02. The molecule has 1 saturated carbocycles. The van der Waals surface area contributed by atoms with Crippen LogP contribution >= 0.6 is 23.4 Å². The van der Waals surface area contributed by atoms with Crippen LogP contribution in [0.3, 0.4) is 0 Å². The number of carbonyl (C=O) groups is 3. The van der Waals surface area contributed by atoms with Crippen molar-refractivity contribution in [3.05, 3.63) is 69.2 Å². The number of fused-ring (bicyclic) bond motifs is 1. The van der Waals surface area contributed by atoms with Crippen molar-refractivity contribution < 1.29 is 32.3 Å². The van der Waals surface area contributed by atoms with Gasteiger partial charge in [-0.2, -0.15) is 18.3 Å². The van der Waals surface area contributed by atoms with E-state index in [1.54, 1.807) is 30.5 Å². The lowest BCUT2D eigenvalue weighted by Crippen LogP contribution is -2.38. The summed E-state index contributed by atoms with van der Waals surface area (Å²) in [5.41, 5.74) is -0.0213. The first kappa shape index (κ1) is 32.9. The number of ether oxygens (including phenoxy) is 1. The lowest BCUT2D eigenvalue weighted by molar-refractivity contribution is -0.138. The van der Waals surface area contributed by atoms with Crippen molar-refractivity contribution in [1.29, 1.82) is 0 Å². The molecule has 0 bridgehead atoms. The van der Waals surface area contributed by atoms with Gasteiger partial charge in [-0.15, -0.1) is 0 Å². The van der Waals surface area contributed by atoms with E-state index >= 15 is 0 Å². The number of imide groups is 1. The second-order valence-corrected chi connectivity index (χ2v) is 13.9. The number of benzene rings is 2. The molecule has 1 aliphatic carbocycles. The van der Waals surface area contributed by atoms with E-state index < -0.39 is 23.4 Å². The second-order valence-electron chi connectivity index (χ2n) is 12.5. The zero-order valence-corrected chi connectivity index (χ0v) is 26.7. The number of amides is 3. The van der Waals surface area contributed by atoms with E-state index in [0.29, 0.717) is 40.4 Å². The van der Waals surface area contributed by atoms with Crippen LogP contribution < -0.4 is 5.32 Å². The zero-order valence-electron chi connectivity index (χ0n) is 25.1. The Balaban J connectivity index is 1.19. The van der Waals surface area contributed by atoms with Crippen LogP contribution in [0.1, 0.15) is 63.1 Å². The van der Waals surface area contributed by atoms with Gasteiger partial charge in [-0.05, 0) is 112 Å². The second kappa shape index (κ2) is 13.1. The summed E-state index contributed by atoms with van der Waals surface area (Å²) >= 11 is 6.71. The fourth-order valence-electron chi connectivity index (χ4n) is 5.66. The molecule has 0 unspecified atom stereocenters. The SMILES string of the molecule is CC(C)(C)OC(=O)NC[C@H]1CC[C@H](CN2C(=O)SC(=Cc3ccc4c(cnn4Cc4ccc(Cl)cc4C(F)(F)F)c3)C2=O)CC1. The Morgan fingerprint density at radius 3 is 2.49 bits per heavy atom. The predicted molar refractivity (Wildman–Crippen MR) is 168 cm³/mol. The van der Waals surface area contributed by atoms with Crippen LogP contribution in [0.15, 0.2) is 47.5 Å². The van der Waals surface area contributed by atoms with E-state index in [4.69, 9.17) is 16.3 Å². The highest BCUT2D eigenvalue weighted by atomic mass is 35.5. The first-order chi connectivity index (χ1) is 21.2. The molecule has 2 aromatic carbocycles. The Labute approximate surface area is 268 Å². The van der Waals surface area contributed by atoms with Gasteiger partial charge in [-0.3, -0.25) is 19.2 Å². The van der Waals surface area contributed by atoms with Gasteiger partial charge in [0.1, 0.15) is 5.60 Å². The molecule has 1 saturated heterocycles. The number of hydrogen-bond donors (Lipinski definition) is 1. The minimum atomic E-state index is -4.56. The third-order valence-electron chi connectivity index (χ3n) is 7.88. The number of nitrogens with zero attached hydrogens (tertiary/aromatic N) is 3. The number of alkyl carbamates (subject to hydrolysis) is 1. The van der Waals surface area contributed by atoms with Crippen molar-refractivity contribution in [2.75, 3.05) is 13.1 Å². The molecular weight excluding hydrogens is 629 g/mol. The third kappa shape index (κ3) is 8.21. The monoisotopic (exact) mass is 662 g/mol. The smallest absolute Gasteiger partial charge is 0.416 e. The summed E-state index contributed by atoms with van der Waals surface area (Å²) in [6, 6.07) is 8.93. The lowest BCUT2D eigenvalue weighted by atomic mass is 9.81. The highest BCUT2D eigenvalue weighted by Gasteiger charge is 2.37. The number of thioether (sulfide) groups is 1. The molecule has 2 fully saturated rings. The van der Waals surface area contributed by atoms with E-state index in [1.807, 2.05) is 20.8 Å². The Hall–Kier alpha value is -3.51. The molecule has 1 aromatic heterocycles. The van der Waals surface area contributed by atoms with Gasteiger partial charge >= 0.3 is 12.3 Å². The number of rotatable bonds is 7. The molecule has 0 radical (unpaired) electrons. The van der Waals surface area contributed by atoms with Crippen molar-refractivity contribution >= 4 is 57.6 Å². The van der Waals surface area contributed by atoms with Crippen molar-refractivity contribution in [3.63, 3.8) is 0 Å². The summed E-state index contributed by atoms with van der Waals surface area (Å²) in [5.74, 6) is 0.175. The molecule has 3 amide bonds. The zero-order chi connectivity index (χ0) is 32.5. The Kier molecular flexibility index (Phi) is 9.55. The largest absolute Gasteiger partial charge is 0.444 e. The van der Waals surface area contributed by atoms with Crippen LogP contribution in [0.25, 0.3) is 17.0 Å². The van der Waals surface area contributed by atoms with Gasteiger partial charge in [-0.1, -0.05) is 23.7 Å². The maximum absolute atomic E-state index is 13.6. The first-order valence-electron chi connectivity index (χ1n) is 14.7. The molecular formula is C32H34ClF3N4O4S. The molecule has 2 aliphatic rings. The number of halogens is 4. The molecule has 0 spiro atoms. The van der Waals surface area contributed by atoms with Crippen LogP contribution in [-0.4, -0.2) is 50.6 Å². The molecule has 8 nitrogen and oxygen atoms in total. The topological polar surface area (TPSA) is 93.5 Å². The van der Waals surface area contributed by atoms with E-state index in [2.05, 4.69) is 10.4 Å². The summed E-state index contributed by atoms with van der Waals surface area (Å²) in [5, 5.41) is 7.50. The molecule has 1 N–H and O–H groups in total. The molecule has 13 heteroatoms. The number of alkyl halides is 3. The van der Waals surface area contributed by atoms with Gasteiger partial charge in [-0.25, -0.2) is 4.79 Å². The van der Waals surface area contributed by atoms with E-state index in [-0.39, 0.29) is 34.2 Å². The maximum atomic E-state index is 13.6. The standard InChI is InChI=1S/C32H34ClF3N4O4S/c1-31(2,3)44-29(42)37-15-19-4-6-20(7-5-19)17-39-28(41)27(45-30(39)43)13-21-8-11-26-23(12-21)16-38-40(26)18-22-9-10-24(33)14-25(22)32(34,35)36/h8-14,16,19-20H,4-7,15,17-18H2,1-3H3,(H,37,42)/t19-,20-. The summed E-state index contributed by atoms with van der Waals surface area (Å²) in [6.07, 6.45) is 1.69. The van der Waals surface area contributed by atoms with Gasteiger partial charge in [0.2, 0.25) is 0 Å². The van der Waals surface area contributed by atoms with Gasteiger partial charge < -0.3 is 10.1 Å². The van der Waals surface area contributed by atoms with Crippen molar-refractivity contribution in [1.82, 2.24) is 20.0 Å². The fourth-order valence-corrected chi connectivity index (χ4v) is 6.68. The summed E-state index contributed by atoms with van der Waals surface area (Å²) in [7, 11) is 0. The molecule has 1 aliphatic heterocycles. The normalized spacial score (nSPS) is 20.3. The Bertz CT molecular complexity index is 1640. The highest BCUT2D eigenvalue weighted by Crippen LogP contribution is 2.37. The molecule has 5 rings (SSSR count). The molecule has 45 heavy (non-hydrogen) atoms. The van der Waals surface area contributed by atoms with E-state index in [9.17, 15) is 27.6 Å². The average Bonchev–Trinajstić information content (AvgIpc) is 3.47. The van der Waals surface area contributed by atoms with E-state index in [1.165, 1.54) is 21.7 Å².